The molecule has 0 heterocycles. The molecule has 0 saturated carbocycles. The minimum absolute atomic E-state index is 0.141. The minimum Gasteiger partial charge on any atom is -0.490 e. The van der Waals surface area contributed by atoms with Crippen LogP contribution in [-0.4, -0.2) is 36.2 Å². The van der Waals surface area contributed by atoms with E-state index in [0.717, 1.165) is 5.56 Å². The van der Waals surface area contributed by atoms with E-state index in [0.29, 0.717) is 23.6 Å². The second kappa shape index (κ2) is 13.0. The van der Waals surface area contributed by atoms with Gasteiger partial charge < -0.3 is 14.8 Å². The van der Waals surface area contributed by atoms with Gasteiger partial charge in [-0.25, -0.2) is 5.43 Å². The first-order valence-corrected chi connectivity index (χ1v) is 11.6. The lowest BCUT2D eigenvalue weighted by Crippen LogP contribution is -2.20. The number of carbonyl (C=O) groups is 2. The van der Waals surface area contributed by atoms with Crippen molar-refractivity contribution in [1.29, 1.82) is 0 Å². The van der Waals surface area contributed by atoms with Crippen molar-refractivity contribution in [2.24, 2.45) is 5.10 Å². The van der Waals surface area contributed by atoms with Crippen LogP contribution in [0.5, 0.6) is 11.5 Å². The van der Waals surface area contributed by atoms with Crippen LogP contribution in [0.1, 0.15) is 23.6 Å². The summed E-state index contributed by atoms with van der Waals surface area (Å²) in [5, 5.41) is 17.9. The van der Waals surface area contributed by atoms with Crippen LogP contribution in [-0.2, 0) is 16.0 Å². The van der Waals surface area contributed by atoms with E-state index in [2.05, 4.69) is 15.8 Å². The van der Waals surface area contributed by atoms with Gasteiger partial charge in [-0.3, -0.25) is 19.7 Å². The Morgan fingerprint density at radius 1 is 1.08 bits per heavy atom. The lowest BCUT2D eigenvalue weighted by molar-refractivity contribution is -0.385. The number of carbonyl (C=O) groups excluding carboxylic acids is 2. The van der Waals surface area contributed by atoms with E-state index in [9.17, 15) is 19.7 Å². The number of rotatable bonds is 11. The standard InChI is InChI=1S/C26H25ClN4O6/c1-3-36-23-13-18(15-28-30-24(32)14-19-6-4-5-7-22(19)31(34)35)12-21(27)26(23)37-16-25(33)29-20-10-8-17(2)9-11-20/h4-13,15H,3,14,16H2,1-2H3,(H,29,33)(H,30,32)/b28-15+. The number of hydrogen-bond acceptors (Lipinski definition) is 7. The summed E-state index contributed by atoms with van der Waals surface area (Å²) < 4.78 is 11.2. The zero-order chi connectivity index (χ0) is 26.8. The number of aryl methyl sites for hydroxylation is 1. The topological polar surface area (TPSA) is 132 Å². The molecule has 0 aliphatic rings. The molecule has 0 atom stereocenters. The summed E-state index contributed by atoms with van der Waals surface area (Å²) in [4.78, 5) is 35.1. The molecular weight excluding hydrogens is 500 g/mol. The number of nitro groups is 1. The fraction of sp³-hybridized carbons (Fsp3) is 0.192. The molecule has 2 N–H and O–H groups in total. The van der Waals surface area contributed by atoms with Gasteiger partial charge in [0.15, 0.2) is 18.1 Å². The molecule has 0 saturated heterocycles. The van der Waals surface area contributed by atoms with Crippen molar-refractivity contribution >= 4 is 41.0 Å². The molecule has 0 radical (unpaired) electrons. The van der Waals surface area contributed by atoms with Gasteiger partial charge in [0.1, 0.15) is 0 Å². The number of amides is 2. The third kappa shape index (κ3) is 8.04. The van der Waals surface area contributed by atoms with E-state index in [-0.39, 0.29) is 41.0 Å². The number of hydrazone groups is 1. The van der Waals surface area contributed by atoms with Crippen LogP contribution in [0.15, 0.2) is 65.8 Å². The molecule has 192 valence electrons. The molecule has 0 aromatic heterocycles. The fourth-order valence-corrected chi connectivity index (χ4v) is 3.54. The van der Waals surface area contributed by atoms with E-state index in [1.807, 2.05) is 19.1 Å². The molecule has 0 aliphatic carbocycles. The molecule has 3 aromatic carbocycles. The van der Waals surface area contributed by atoms with Crippen molar-refractivity contribution in [1.82, 2.24) is 5.43 Å². The minimum atomic E-state index is -0.543. The Hall–Kier alpha value is -4.44. The summed E-state index contributed by atoms with van der Waals surface area (Å²) >= 11 is 6.38. The molecule has 10 nitrogen and oxygen atoms in total. The monoisotopic (exact) mass is 524 g/mol. The molecule has 0 bridgehead atoms. The van der Waals surface area contributed by atoms with E-state index in [1.165, 1.54) is 30.5 Å². The maximum Gasteiger partial charge on any atom is 0.273 e. The predicted molar refractivity (Wildman–Crippen MR) is 140 cm³/mol. The number of hydrogen-bond donors (Lipinski definition) is 2. The average Bonchev–Trinajstić information content (AvgIpc) is 2.85. The first-order valence-electron chi connectivity index (χ1n) is 11.3. The first-order chi connectivity index (χ1) is 17.8. The quantitative estimate of drug-likeness (QED) is 0.213. The van der Waals surface area contributed by atoms with Crippen molar-refractivity contribution < 1.29 is 24.0 Å². The highest BCUT2D eigenvalue weighted by Gasteiger charge is 2.16. The third-order valence-corrected chi connectivity index (χ3v) is 5.24. The lowest BCUT2D eigenvalue weighted by atomic mass is 10.1. The van der Waals surface area contributed by atoms with Gasteiger partial charge in [-0.15, -0.1) is 0 Å². The van der Waals surface area contributed by atoms with Crippen LogP contribution in [0, 0.1) is 17.0 Å². The maximum absolute atomic E-state index is 12.3. The zero-order valence-corrected chi connectivity index (χ0v) is 20.9. The summed E-state index contributed by atoms with van der Waals surface area (Å²) in [5.41, 5.74) is 4.69. The first kappa shape index (κ1) is 27.2. The van der Waals surface area contributed by atoms with Crippen LogP contribution in [0.3, 0.4) is 0 Å². The van der Waals surface area contributed by atoms with Gasteiger partial charge in [0, 0.05) is 17.3 Å². The number of anilines is 1. The molecule has 2 amide bonds. The van der Waals surface area contributed by atoms with Crippen LogP contribution in [0.2, 0.25) is 5.02 Å². The molecule has 0 spiro atoms. The second-order valence-electron chi connectivity index (χ2n) is 7.82. The summed E-state index contributed by atoms with van der Waals surface area (Å²) in [6.07, 6.45) is 1.14. The summed E-state index contributed by atoms with van der Waals surface area (Å²) in [6.45, 7) is 3.76. The number of para-hydroxylation sites is 1. The van der Waals surface area contributed by atoms with Gasteiger partial charge in [0.2, 0.25) is 5.91 Å². The Morgan fingerprint density at radius 3 is 2.51 bits per heavy atom. The van der Waals surface area contributed by atoms with Crippen LogP contribution in [0.4, 0.5) is 11.4 Å². The van der Waals surface area contributed by atoms with Crippen LogP contribution in [0.25, 0.3) is 0 Å². The molecule has 11 heteroatoms. The lowest BCUT2D eigenvalue weighted by Gasteiger charge is -2.14. The van der Waals surface area contributed by atoms with Gasteiger partial charge in [-0.2, -0.15) is 5.10 Å². The van der Waals surface area contributed by atoms with Gasteiger partial charge in [0.05, 0.1) is 29.2 Å². The molecular formula is C26H25ClN4O6. The Labute approximate surface area is 218 Å². The van der Waals surface area contributed by atoms with E-state index < -0.39 is 10.8 Å². The highest BCUT2D eigenvalue weighted by molar-refractivity contribution is 6.32. The van der Waals surface area contributed by atoms with Gasteiger partial charge in [0.25, 0.3) is 11.6 Å². The van der Waals surface area contributed by atoms with E-state index in [1.54, 1.807) is 31.2 Å². The number of nitro benzene ring substituents is 1. The average molecular weight is 525 g/mol. The Balaban J connectivity index is 1.63. The number of halogens is 1. The molecule has 37 heavy (non-hydrogen) atoms. The largest absolute Gasteiger partial charge is 0.490 e. The van der Waals surface area contributed by atoms with Crippen molar-refractivity contribution in [3.05, 3.63) is 92.5 Å². The SMILES string of the molecule is CCOc1cc(/C=N/NC(=O)Cc2ccccc2[N+](=O)[O-])cc(Cl)c1OCC(=O)Nc1ccc(C)cc1. The van der Waals surface area contributed by atoms with Gasteiger partial charge in [-0.1, -0.05) is 47.5 Å². The van der Waals surface area contributed by atoms with Crippen molar-refractivity contribution in [2.45, 2.75) is 20.3 Å². The number of nitrogens with one attached hydrogen (secondary N) is 2. The Bertz CT molecular complexity index is 1310. The highest BCUT2D eigenvalue weighted by atomic mass is 35.5. The molecule has 3 rings (SSSR count). The molecule has 3 aromatic rings. The fourth-order valence-electron chi connectivity index (χ4n) is 3.27. The number of ether oxygens (including phenoxy) is 2. The normalized spacial score (nSPS) is 10.7. The van der Waals surface area contributed by atoms with Crippen molar-refractivity contribution in [3.63, 3.8) is 0 Å². The summed E-state index contributed by atoms with van der Waals surface area (Å²) in [6, 6.07) is 16.5. The number of nitrogens with zero attached hydrogens (tertiary/aromatic N) is 2. The predicted octanol–water partition coefficient (Wildman–Crippen LogP) is 4.67. The van der Waals surface area contributed by atoms with Gasteiger partial charge in [-0.05, 0) is 43.7 Å². The Kier molecular flexibility index (Phi) is 9.56. The van der Waals surface area contributed by atoms with Crippen molar-refractivity contribution in [2.75, 3.05) is 18.5 Å². The Morgan fingerprint density at radius 2 is 1.81 bits per heavy atom. The van der Waals surface area contributed by atoms with Crippen LogP contribution >= 0.6 is 11.6 Å². The second-order valence-corrected chi connectivity index (χ2v) is 8.23. The third-order valence-electron chi connectivity index (χ3n) is 4.96. The smallest absolute Gasteiger partial charge is 0.273 e. The summed E-state index contributed by atoms with van der Waals surface area (Å²) in [7, 11) is 0. The van der Waals surface area contributed by atoms with E-state index in [4.69, 9.17) is 21.1 Å². The van der Waals surface area contributed by atoms with E-state index >= 15 is 0 Å². The molecule has 0 fully saturated rings. The summed E-state index contributed by atoms with van der Waals surface area (Å²) in [5.74, 6) is -0.401. The number of benzene rings is 3. The van der Waals surface area contributed by atoms with Gasteiger partial charge >= 0.3 is 0 Å². The van der Waals surface area contributed by atoms with Crippen LogP contribution < -0.4 is 20.2 Å². The maximum atomic E-state index is 12.3. The zero-order valence-electron chi connectivity index (χ0n) is 20.2. The van der Waals surface area contributed by atoms with Crippen molar-refractivity contribution in [3.8, 4) is 11.5 Å². The molecule has 0 aliphatic heterocycles. The molecule has 0 unspecified atom stereocenters. The highest BCUT2D eigenvalue weighted by Crippen LogP contribution is 2.36.